The lowest BCUT2D eigenvalue weighted by molar-refractivity contribution is -0.212. The van der Waals surface area contributed by atoms with Gasteiger partial charge >= 0.3 is 5.92 Å². The maximum absolute atomic E-state index is 14.0. The first-order valence-corrected chi connectivity index (χ1v) is 6.92. The van der Waals surface area contributed by atoms with Gasteiger partial charge in [-0.25, -0.2) is 13.8 Å². The average Bonchev–Trinajstić information content (AvgIpc) is 2.87. The molecule has 2 aromatic rings. The van der Waals surface area contributed by atoms with Crippen LogP contribution in [0.4, 0.5) is 23.2 Å². The Balaban J connectivity index is 1.82. The molecule has 0 atom stereocenters. The minimum absolute atomic E-state index is 0.00503. The molecule has 3 N–H and O–H groups in total. The molecule has 0 spiro atoms. The Morgan fingerprint density at radius 2 is 2.09 bits per heavy atom. The second-order valence-electron chi connectivity index (χ2n) is 5.57. The third-order valence-electron chi connectivity index (χ3n) is 4.02. The molecular weight excluding hydrogens is 318 g/mol. The molecule has 1 aliphatic carbocycles. The van der Waals surface area contributed by atoms with E-state index in [1.807, 2.05) is 5.32 Å². The number of nitrogens with zero attached hydrogens (tertiary/aromatic N) is 1. The summed E-state index contributed by atoms with van der Waals surface area (Å²) in [5.41, 5.74) is -1.92. The van der Waals surface area contributed by atoms with Crippen LogP contribution < -0.4 is 5.32 Å². The standard InChI is InChI=1S/C14H13F4N3O2/c15-10(16)11-20-8-3-2-7(6-9(8)21-11)19-12(22)14(17,18)13(23)4-1-5-13/h2-3,6,10,23H,1,4-5H2,(H,19,22)(H,20,21). The number of aromatic nitrogens is 2. The number of halogens is 4. The van der Waals surface area contributed by atoms with Crippen LogP contribution in [0.1, 0.15) is 31.5 Å². The van der Waals surface area contributed by atoms with E-state index in [0.29, 0.717) is 6.42 Å². The fourth-order valence-electron chi connectivity index (χ4n) is 2.46. The summed E-state index contributed by atoms with van der Waals surface area (Å²) in [6.45, 7) is 0. The number of fused-ring (bicyclic) bond motifs is 1. The van der Waals surface area contributed by atoms with Gasteiger partial charge in [0.2, 0.25) is 0 Å². The van der Waals surface area contributed by atoms with Gasteiger partial charge in [-0.15, -0.1) is 0 Å². The van der Waals surface area contributed by atoms with E-state index in [0.717, 1.165) is 0 Å². The molecule has 1 saturated carbocycles. The van der Waals surface area contributed by atoms with Crippen molar-refractivity contribution in [1.82, 2.24) is 9.97 Å². The van der Waals surface area contributed by atoms with E-state index >= 15 is 0 Å². The van der Waals surface area contributed by atoms with E-state index < -0.39 is 29.7 Å². The summed E-state index contributed by atoms with van der Waals surface area (Å²) in [6.07, 6.45) is -2.66. The Morgan fingerprint density at radius 1 is 1.39 bits per heavy atom. The van der Waals surface area contributed by atoms with Crippen LogP contribution >= 0.6 is 0 Å². The second kappa shape index (κ2) is 5.19. The lowest BCUT2D eigenvalue weighted by Crippen LogP contribution is -2.59. The number of hydrogen-bond acceptors (Lipinski definition) is 3. The third kappa shape index (κ3) is 2.54. The summed E-state index contributed by atoms with van der Waals surface area (Å²) in [5.74, 6) is -6.10. The zero-order chi connectivity index (χ0) is 16.8. The number of amides is 1. The number of nitrogens with one attached hydrogen (secondary N) is 2. The Kier molecular flexibility index (Phi) is 3.55. The summed E-state index contributed by atoms with van der Waals surface area (Å²) >= 11 is 0. The molecule has 5 nitrogen and oxygen atoms in total. The van der Waals surface area contributed by atoms with Gasteiger partial charge in [0.1, 0.15) is 5.60 Å². The van der Waals surface area contributed by atoms with E-state index in [1.165, 1.54) is 18.2 Å². The predicted octanol–water partition coefficient (Wildman–Crippen LogP) is 2.99. The highest BCUT2D eigenvalue weighted by molar-refractivity contribution is 5.98. The average molecular weight is 331 g/mol. The number of carbonyl (C=O) groups excluding carboxylic acids is 1. The Morgan fingerprint density at radius 3 is 2.65 bits per heavy atom. The van der Waals surface area contributed by atoms with Crippen molar-refractivity contribution in [2.24, 2.45) is 0 Å². The van der Waals surface area contributed by atoms with Crippen LogP contribution in [-0.4, -0.2) is 32.5 Å². The van der Waals surface area contributed by atoms with Crippen LogP contribution in [0.5, 0.6) is 0 Å². The monoisotopic (exact) mass is 331 g/mol. The van der Waals surface area contributed by atoms with Crippen molar-refractivity contribution in [3.05, 3.63) is 24.0 Å². The number of benzene rings is 1. The molecular formula is C14H13F4N3O2. The number of imidazole rings is 1. The van der Waals surface area contributed by atoms with Crippen molar-refractivity contribution in [2.45, 2.75) is 37.2 Å². The first kappa shape index (κ1) is 15.7. The van der Waals surface area contributed by atoms with Crippen molar-refractivity contribution in [3.8, 4) is 0 Å². The van der Waals surface area contributed by atoms with Crippen molar-refractivity contribution in [2.75, 3.05) is 5.32 Å². The van der Waals surface area contributed by atoms with Crippen molar-refractivity contribution >= 4 is 22.6 Å². The molecule has 9 heteroatoms. The smallest absolute Gasteiger partial charge is 0.352 e. The van der Waals surface area contributed by atoms with Gasteiger partial charge in [0.05, 0.1) is 11.0 Å². The number of carbonyl (C=O) groups is 1. The molecule has 0 radical (unpaired) electrons. The number of aromatic amines is 1. The fraction of sp³-hybridized carbons (Fsp3) is 0.429. The highest BCUT2D eigenvalue weighted by Gasteiger charge is 2.61. The molecule has 1 aromatic carbocycles. The van der Waals surface area contributed by atoms with Crippen LogP contribution in [0.15, 0.2) is 18.2 Å². The van der Waals surface area contributed by atoms with E-state index in [4.69, 9.17) is 0 Å². The molecule has 0 saturated heterocycles. The SMILES string of the molecule is O=C(Nc1ccc2nc(C(F)F)[nH]c2c1)C(F)(F)C1(O)CCC1. The van der Waals surface area contributed by atoms with Gasteiger partial charge in [-0.05, 0) is 37.5 Å². The highest BCUT2D eigenvalue weighted by Crippen LogP contribution is 2.44. The summed E-state index contributed by atoms with van der Waals surface area (Å²) in [4.78, 5) is 17.7. The third-order valence-corrected chi connectivity index (χ3v) is 4.02. The van der Waals surface area contributed by atoms with E-state index in [1.54, 1.807) is 0 Å². The normalized spacial score (nSPS) is 17.3. The first-order valence-electron chi connectivity index (χ1n) is 6.92. The zero-order valence-electron chi connectivity index (χ0n) is 11.7. The van der Waals surface area contributed by atoms with Crippen LogP contribution in [0.2, 0.25) is 0 Å². The lowest BCUT2D eigenvalue weighted by atomic mass is 9.75. The van der Waals surface area contributed by atoms with Crippen LogP contribution in [0.3, 0.4) is 0 Å². The second-order valence-corrected chi connectivity index (χ2v) is 5.57. The number of H-pyrrole nitrogens is 1. The van der Waals surface area contributed by atoms with Crippen LogP contribution in [0.25, 0.3) is 11.0 Å². The zero-order valence-corrected chi connectivity index (χ0v) is 11.7. The van der Waals surface area contributed by atoms with Gasteiger partial charge in [-0.2, -0.15) is 8.78 Å². The summed E-state index contributed by atoms with van der Waals surface area (Å²) in [5, 5.41) is 11.7. The van der Waals surface area contributed by atoms with Crippen LogP contribution in [-0.2, 0) is 4.79 Å². The molecule has 1 aromatic heterocycles. The molecule has 1 fully saturated rings. The molecule has 1 amide bonds. The molecule has 124 valence electrons. The van der Waals surface area contributed by atoms with E-state index in [9.17, 15) is 27.5 Å². The minimum atomic E-state index is -3.93. The Bertz CT molecular complexity index is 756. The van der Waals surface area contributed by atoms with Crippen LogP contribution in [0, 0.1) is 0 Å². The minimum Gasteiger partial charge on any atom is -0.383 e. The van der Waals surface area contributed by atoms with Gasteiger partial charge in [0, 0.05) is 5.69 Å². The molecule has 1 heterocycles. The fourth-order valence-corrected chi connectivity index (χ4v) is 2.46. The summed E-state index contributed by atoms with van der Waals surface area (Å²) < 4.78 is 53.1. The molecule has 0 bridgehead atoms. The number of alkyl halides is 4. The molecule has 0 unspecified atom stereocenters. The maximum Gasteiger partial charge on any atom is 0.352 e. The van der Waals surface area contributed by atoms with E-state index in [2.05, 4.69) is 9.97 Å². The topological polar surface area (TPSA) is 78.0 Å². The largest absolute Gasteiger partial charge is 0.383 e. The lowest BCUT2D eigenvalue weighted by Gasteiger charge is -2.41. The van der Waals surface area contributed by atoms with Gasteiger partial charge in [-0.3, -0.25) is 4.79 Å². The molecule has 1 aliphatic rings. The Labute approximate surface area is 127 Å². The van der Waals surface area contributed by atoms with E-state index in [-0.39, 0.29) is 29.6 Å². The molecule has 23 heavy (non-hydrogen) atoms. The number of hydrogen-bond donors (Lipinski definition) is 3. The van der Waals surface area contributed by atoms with Crippen molar-refractivity contribution in [1.29, 1.82) is 0 Å². The quantitative estimate of drug-likeness (QED) is 0.754. The number of aliphatic hydroxyl groups is 1. The van der Waals surface area contributed by atoms with Crippen molar-refractivity contribution in [3.63, 3.8) is 0 Å². The number of anilines is 1. The van der Waals surface area contributed by atoms with Gasteiger partial charge in [-0.1, -0.05) is 0 Å². The van der Waals surface area contributed by atoms with Gasteiger partial charge in [0.25, 0.3) is 12.3 Å². The van der Waals surface area contributed by atoms with Gasteiger partial charge in [0.15, 0.2) is 5.82 Å². The number of rotatable bonds is 4. The predicted molar refractivity (Wildman–Crippen MR) is 73.4 cm³/mol. The molecule has 3 rings (SSSR count). The Hall–Kier alpha value is -2.16. The maximum atomic E-state index is 14.0. The van der Waals surface area contributed by atoms with Crippen molar-refractivity contribution < 1.29 is 27.5 Å². The first-order chi connectivity index (χ1) is 10.7. The van der Waals surface area contributed by atoms with Gasteiger partial charge < -0.3 is 15.4 Å². The summed E-state index contributed by atoms with van der Waals surface area (Å²) in [6, 6.07) is 3.83. The molecule has 0 aliphatic heterocycles. The summed E-state index contributed by atoms with van der Waals surface area (Å²) in [7, 11) is 0. The highest BCUT2D eigenvalue weighted by atomic mass is 19.3.